The third kappa shape index (κ3) is 2.35. The van der Waals surface area contributed by atoms with Crippen molar-refractivity contribution in [2.45, 2.75) is 33.2 Å². The van der Waals surface area contributed by atoms with Crippen LogP contribution in [-0.4, -0.2) is 23.9 Å². The molecule has 0 saturated heterocycles. The minimum absolute atomic E-state index is 0.0469. The Kier molecular flexibility index (Phi) is 3.26. The van der Waals surface area contributed by atoms with Gasteiger partial charge in [0, 0.05) is 6.54 Å². The van der Waals surface area contributed by atoms with Crippen molar-refractivity contribution in [3.63, 3.8) is 0 Å². The summed E-state index contributed by atoms with van der Waals surface area (Å²) in [4.78, 5) is 23.3. The summed E-state index contributed by atoms with van der Waals surface area (Å²) >= 11 is 0. The molecule has 0 atom stereocenters. The van der Waals surface area contributed by atoms with Crippen molar-refractivity contribution in [3.05, 3.63) is 11.3 Å². The highest BCUT2D eigenvalue weighted by molar-refractivity contribution is 6.21. The fourth-order valence-electron chi connectivity index (χ4n) is 1.46. The van der Waals surface area contributed by atoms with Crippen LogP contribution in [0.1, 0.15) is 27.7 Å². The van der Waals surface area contributed by atoms with Gasteiger partial charge in [-0.2, -0.15) is 0 Å². The van der Waals surface area contributed by atoms with Crippen molar-refractivity contribution in [1.29, 1.82) is 0 Å². The average molecular weight is 225 g/mol. The van der Waals surface area contributed by atoms with Gasteiger partial charge in [0.2, 0.25) is 0 Å². The van der Waals surface area contributed by atoms with E-state index in [0.29, 0.717) is 18.2 Å². The molecular formula is C11H19N3O2. The molecule has 0 radical (unpaired) electrons. The predicted molar refractivity (Wildman–Crippen MR) is 61.3 cm³/mol. The van der Waals surface area contributed by atoms with Gasteiger partial charge in [-0.25, -0.2) is 0 Å². The first-order valence-corrected chi connectivity index (χ1v) is 5.36. The van der Waals surface area contributed by atoms with E-state index in [9.17, 15) is 9.59 Å². The molecule has 0 aliphatic carbocycles. The quantitative estimate of drug-likeness (QED) is 0.585. The molecule has 4 N–H and O–H groups in total. The number of carbonyl (C=O) groups is 2. The third-order valence-corrected chi connectivity index (χ3v) is 2.49. The topological polar surface area (TPSA) is 84.2 Å². The first-order valence-electron chi connectivity index (χ1n) is 5.36. The van der Waals surface area contributed by atoms with E-state index in [0.717, 1.165) is 0 Å². The maximum atomic E-state index is 11.7. The number of nitrogens with two attached hydrogens (primary N) is 1. The van der Waals surface area contributed by atoms with Gasteiger partial charge in [-0.15, -0.1) is 0 Å². The molecule has 0 aromatic carbocycles. The lowest BCUT2D eigenvalue weighted by Crippen LogP contribution is -2.40. The zero-order valence-electron chi connectivity index (χ0n) is 10.2. The Morgan fingerprint density at radius 1 is 1.50 bits per heavy atom. The number of carbonyl (C=O) groups excluding carboxylic acids is 2. The van der Waals surface area contributed by atoms with Crippen LogP contribution in [0.2, 0.25) is 0 Å². The Morgan fingerprint density at radius 2 is 2.06 bits per heavy atom. The fourth-order valence-corrected chi connectivity index (χ4v) is 1.46. The highest BCUT2D eigenvalue weighted by atomic mass is 16.2. The molecular weight excluding hydrogens is 206 g/mol. The molecule has 0 spiro atoms. The van der Waals surface area contributed by atoms with E-state index in [1.807, 2.05) is 13.8 Å². The van der Waals surface area contributed by atoms with Crippen molar-refractivity contribution in [2.24, 2.45) is 11.7 Å². The van der Waals surface area contributed by atoms with Gasteiger partial charge in [-0.05, 0) is 19.8 Å². The Labute approximate surface area is 95.5 Å². The van der Waals surface area contributed by atoms with E-state index in [4.69, 9.17) is 5.73 Å². The molecule has 5 heteroatoms. The predicted octanol–water partition coefficient (Wildman–Crippen LogP) is -0.120. The Hall–Kier alpha value is -1.52. The van der Waals surface area contributed by atoms with E-state index in [2.05, 4.69) is 10.6 Å². The van der Waals surface area contributed by atoms with Gasteiger partial charge in [-0.3, -0.25) is 9.59 Å². The van der Waals surface area contributed by atoms with Gasteiger partial charge >= 0.3 is 0 Å². The lowest BCUT2D eigenvalue weighted by molar-refractivity contribution is -0.123. The molecule has 0 unspecified atom stereocenters. The van der Waals surface area contributed by atoms with Crippen LogP contribution in [0, 0.1) is 5.92 Å². The Bertz CT molecular complexity index is 356. The molecule has 0 aromatic heterocycles. The van der Waals surface area contributed by atoms with Crippen molar-refractivity contribution < 1.29 is 9.59 Å². The van der Waals surface area contributed by atoms with Gasteiger partial charge in [0.05, 0.1) is 11.2 Å². The lowest BCUT2D eigenvalue weighted by atomic mass is 10.0. The summed E-state index contributed by atoms with van der Waals surface area (Å²) in [7, 11) is 0. The summed E-state index contributed by atoms with van der Waals surface area (Å²) in [5, 5.41) is 5.35. The molecule has 2 amide bonds. The monoisotopic (exact) mass is 225 g/mol. The van der Waals surface area contributed by atoms with E-state index < -0.39 is 17.4 Å². The van der Waals surface area contributed by atoms with Crippen molar-refractivity contribution >= 4 is 11.8 Å². The van der Waals surface area contributed by atoms with Gasteiger partial charge in [-0.1, -0.05) is 13.8 Å². The molecule has 0 aromatic rings. The van der Waals surface area contributed by atoms with Crippen LogP contribution >= 0.6 is 0 Å². The van der Waals surface area contributed by atoms with Crippen LogP contribution < -0.4 is 16.4 Å². The lowest BCUT2D eigenvalue weighted by Gasteiger charge is -2.18. The molecule has 1 aliphatic rings. The van der Waals surface area contributed by atoms with Gasteiger partial charge < -0.3 is 16.4 Å². The van der Waals surface area contributed by atoms with Gasteiger partial charge in [0.1, 0.15) is 5.57 Å². The highest BCUT2D eigenvalue weighted by Crippen LogP contribution is 2.22. The van der Waals surface area contributed by atoms with Crippen LogP contribution in [-0.2, 0) is 9.59 Å². The number of nitrogens with one attached hydrogen (secondary N) is 2. The van der Waals surface area contributed by atoms with Crippen molar-refractivity contribution in [3.8, 4) is 0 Å². The SMILES string of the molecule is CC(C)CNC(=O)C1=C(N)C(C)(C)NC1=O. The number of amides is 2. The zero-order chi connectivity index (χ0) is 12.5. The minimum Gasteiger partial charge on any atom is -0.399 e. The maximum absolute atomic E-state index is 11.7. The normalized spacial score (nSPS) is 18.9. The largest absolute Gasteiger partial charge is 0.399 e. The summed E-state index contributed by atoms with van der Waals surface area (Å²) in [6, 6.07) is 0. The average Bonchev–Trinajstić information content (AvgIpc) is 2.32. The van der Waals surface area contributed by atoms with Gasteiger partial charge in [0.25, 0.3) is 11.8 Å². The number of hydrogen-bond acceptors (Lipinski definition) is 3. The Balaban J connectivity index is 2.83. The summed E-state index contributed by atoms with van der Waals surface area (Å²) < 4.78 is 0. The second-order valence-electron chi connectivity index (χ2n) is 4.97. The second kappa shape index (κ2) is 4.15. The Morgan fingerprint density at radius 3 is 2.44 bits per heavy atom. The molecule has 5 nitrogen and oxygen atoms in total. The number of rotatable bonds is 3. The van der Waals surface area contributed by atoms with Crippen LogP contribution in [0.3, 0.4) is 0 Å². The van der Waals surface area contributed by atoms with E-state index in [1.165, 1.54) is 0 Å². The molecule has 0 saturated carbocycles. The fraction of sp³-hybridized carbons (Fsp3) is 0.636. The van der Waals surface area contributed by atoms with Gasteiger partial charge in [0.15, 0.2) is 0 Å². The van der Waals surface area contributed by atoms with E-state index in [-0.39, 0.29) is 5.57 Å². The smallest absolute Gasteiger partial charge is 0.259 e. The summed E-state index contributed by atoms with van der Waals surface area (Å²) in [5.41, 5.74) is 5.50. The molecule has 90 valence electrons. The van der Waals surface area contributed by atoms with Crippen LogP contribution in [0.5, 0.6) is 0 Å². The standard InChI is InChI=1S/C11H19N3O2/c1-6(2)5-13-9(15)7-8(12)11(3,4)14-10(7)16/h6H,5,12H2,1-4H3,(H,13,15)(H,14,16). The van der Waals surface area contributed by atoms with Crippen LogP contribution in [0.25, 0.3) is 0 Å². The first kappa shape index (κ1) is 12.5. The van der Waals surface area contributed by atoms with Crippen LogP contribution in [0.15, 0.2) is 11.3 Å². The summed E-state index contributed by atoms with van der Waals surface area (Å²) in [5.74, 6) is -0.457. The van der Waals surface area contributed by atoms with E-state index >= 15 is 0 Å². The first-order chi connectivity index (χ1) is 7.25. The maximum Gasteiger partial charge on any atom is 0.259 e. The molecule has 1 aliphatic heterocycles. The highest BCUT2D eigenvalue weighted by Gasteiger charge is 2.39. The molecule has 0 fully saturated rings. The minimum atomic E-state index is -0.637. The van der Waals surface area contributed by atoms with Crippen molar-refractivity contribution in [2.75, 3.05) is 6.54 Å². The third-order valence-electron chi connectivity index (χ3n) is 2.49. The zero-order valence-corrected chi connectivity index (χ0v) is 10.2. The number of hydrogen-bond donors (Lipinski definition) is 3. The molecule has 1 heterocycles. The van der Waals surface area contributed by atoms with Crippen LogP contribution in [0.4, 0.5) is 0 Å². The van der Waals surface area contributed by atoms with E-state index in [1.54, 1.807) is 13.8 Å². The molecule has 16 heavy (non-hydrogen) atoms. The summed E-state index contributed by atoms with van der Waals surface area (Å²) in [6.45, 7) is 8.03. The van der Waals surface area contributed by atoms with Crippen molar-refractivity contribution in [1.82, 2.24) is 10.6 Å². The second-order valence-corrected chi connectivity index (χ2v) is 4.97. The molecule has 0 bridgehead atoms. The molecule has 1 rings (SSSR count). The summed E-state index contributed by atoms with van der Waals surface area (Å²) in [6.07, 6.45) is 0.